The third kappa shape index (κ3) is 3.27. The Hall–Kier alpha value is 0.0400. The normalized spacial score (nSPS) is 25.9. The van der Waals surface area contributed by atoms with Crippen LogP contribution in [-0.4, -0.2) is 9.36 Å². The molecule has 4 heteroatoms. The third-order valence-corrected chi connectivity index (χ3v) is 5.04. The fraction of sp³-hybridized carbons (Fsp3) is 0.833. The standard InChI is InChI=1S/C12H19BrN2S/c1-2-3-4-9-5-7-10(8-6-9)11-14-12(13)15-16-11/h9-10H,2-8H2,1H3. The van der Waals surface area contributed by atoms with E-state index in [2.05, 4.69) is 32.2 Å². The molecular formula is C12H19BrN2S. The van der Waals surface area contributed by atoms with Crippen LogP contribution in [0.25, 0.3) is 0 Å². The van der Waals surface area contributed by atoms with Crippen LogP contribution < -0.4 is 0 Å². The van der Waals surface area contributed by atoms with Crippen LogP contribution in [0.1, 0.15) is 62.8 Å². The van der Waals surface area contributed by atoms with Crippen molar-refractivity contribution in [2.75, 3.05) is 0 Å². The van der Waals surface area contributed by atoms with Gasteiger partial charge < -0.3 is 0 Å². The maximum Gasteiger partial charge on any atom is 0.209 e. The maximum absolute atomic E-state index is 4.45. The summed E-state index contributed by atoms with van der Waals surface area (Å²) in [6.07, 6.45) is 9.59. The second-order valence-electron chi connectivity index (χ2n) is 4.76. The minimum Gasteiger partial charge on any atom is -0.214 e. The van der Waals surface area contributed by atoms with Crippen molar-refractivity contribution in [3.8, 4) is 0 Å². The summed E-state index contributed by atoms with van der Waals surface area (Å²) in [5, 5.41) is 1.24. The number of nitrogens with zero attached hydrogens (tertiary/aromatic N) is 2. The van der Waals surface area contributed by atoms with Gasteiger partial charge in [0.2, 0.25) is 4.73 Å². The third-order valence-electron chi connectivity index (χ3n) is 3.58. The Morgan fingerprint density at radius 1 is 1.31 bits per heavy atom. The maximum atomic E-state index is 4.45. The molecule has 1 aromatic rings. The van der Waals surface area contributed by atoms with E-state index in [1.165, 1.54) is 50.0 Å². The summed E-state index contributed by atoms with van der Waals surface area (Å²) in [4.78, 5) is 4.45. The molecule has 1 aliphatic carbocycles. The van der Waals surface area contributed by atoms with Gasteiger partial charge in [0.25, 0.3) is 0 Å². The molecule has 2 nitrogen and oxygen atoms in total. The lowest BCUT2D eigenvalue weighted by Gasteiger charge is -2.26. The first-order valence-electron chi connectivity index (χ1n) is 6.28. The highest BCUT2D eigenvalue weighted by Crippen LogP contribution is 2.38. The van der Waals surface area contributed by atoms with Crippen LogP contribution in [0, 0.1) is 5.92 Å². The SMILES string of the molecule is CCCCC1CCC(c2nc(Br)ns2)CC1. The molecular weight excluding hydrogens is 284 g/mol. The van der Waals surface area contributed by atoms with E-state index in [-0.39, 0.29) is 0 Å². The van der Waals surface area contributed by atoms with E-state index in [4.69, 9.17) is 0 Å². The Morgan fingerprint density at radius 2 is 2.06 bits per heavy atom. The van der Waals surface area contributed by atoms with Crippen LogP contribution in [0.2, 0.25) is 0 Å². The fourth-order valence-corrected chi connectivity index (χ4v) is 3.82. The van der Waals surface area contributed by atoms with Gasteiger partial charge in [-0.05, 0) is 59.1 Å². The number of hydrogen-bond donors (Lipinski definition) is 0. The predicted octanol–water partition coefficient (Wildman–Crippen LogP) is 4.76. The second kappa shape index (κ2) is 6.10. The Balaban J connectivity index is 1.81. The molecule has 0 atom stereocenters. The number of rotatable bonds is 4. The van der Waals surface area contributed by atoms with Gasteiger partial charge in [-0.2, -0.15) is 4.37 Å². The van der Waals surface area contributed by atoms with Crippen LogP contribution in [0.15, 0.2) is 4.73 Å². The Kier molecular flexibility index (Phi) is 4.77. The molecule has 2 rings (SSSR count). The van der Waals surface area contributed by atoms with Crippen molar-refractivity contribution in [1.82, 2.24) is 9.36 Å². The minimum atomic E-state index is 0.682. The summed E-state index contributed by atoms with van der Waals surface area (Å²) in [5.41, 5.74) is 0. The van der Waals surface area contributed by atoms with Gasteiger partial charge in [-0.15, -0.1) is 0 Å². The minimum absolute atomic E-state index is 0.682. The zero-order chi connectivity index (χ0) is 11.4. The smallest absolute Gasteiger partial charge is 0.209 e. The molecule has 0 aromatic carbocycles. The Labute approximate surface area is 110 Å². The van der Waals surface area contributed by atoms with Gasteiger partial charge in [0.05, 0.1) is 0 Å². The van der Waals surface area contributed by atoms with E-state index in [1.54, 1.807) is 11.5 Å². The first-order chi connectivity index (χ1) is 7.79. The van der Waals surface area contributed by atoms with E-state index in [0.717, 1.165) is 10.7 Å². The summed E-state index contributed by atoms with van der Waals surface area (Å²) in [5.74, 6) is 1.66. The lowest BCUT2D eigenvalue weighted by Crippen LogP contribution is -2.13. The van der Waals surface area contributed by atoms with Crippen molar-refractivity contribution < 1.29 is 0 Å². The summed E-state index contributed by atoms with van der Waals surface area (Å²) in [6.45, 7) is 2.28. The topological polar surface area (TPSA) is 25.8 Å². The highest BCUT2D eigenvalue weighted by atomic mass is 79.9. The fourth-order valence-electron chi connectivity index (χ4n) is 2.57. The van der Waals surface area contributed by atoms with Gasteiger partial charge in [0.1, 0.15) is 5.01 Å². The van der Waals surface area contributed by atoms with Crippen LogP contribution in [0.5, 0.6) is 0 Å². The van der Waals surface area contributed by atoms with Gasteiger partial charge in [0.15, 0.2) is 0 Å². The molecule has 1 fully saturated rings. The molecule has 1 saturated carbocycles. The van der Waals surface area contributed by atoms with Crippen molar-refractivity contribution in [2.45, 2.75) is 57.8 Å². The van der Waals surface area contributed by atoms with Crippen LogP contribution in [0.3, 0.4) is 0 Å². The molecule has 0 saturated heterocycles. The molecule has 0 unspecified atom stereocenters. The first kappa shape index (κ1) is 12.5. The molecule has 0 N–H and O–H groups in total. The Morgan fingerprint density at radius 3 is 2.62 bits per heavy atom. The van der Waals surface area contributed by atoms with E-state index < -0.39 is 0 Å². The zero-order valence-corrected chi connectivity index (χ0v) is 12.2. The number of unbranched alkanes of at least 4 members (excludes halogenated alkanes) is 1. The highest BCUT2D eigenvalue weighted by molar-refractivity contribution is 9.10. The van der Waals surface area contributed by atoms with Crippen LogP contribution in [0.4, 0.5) is 0 Å². The summed E-state index contributed by atoms with van der Waals surface area (Å²) < 4.78 is 4.97. The first-order valence-corrected chi connectivity index (χ1v) is 7.85. The van der Waals surface area contributed by atoms with Crippen molar-refractivity contribution in [3.63, 3.8) is 0 Å². The largest absolute Gasteiger partial charge is 0.214 e. The lowest BCUT2D eigenvalue weighted by atomic mass is 9.80. The molecule has 0 bridgehead atoms. The molecule has 90 valence electrons. The number of aromatic nitrogens is 2. The van der Waals surface area contributed by atoms with Gasteiger partial charge in [-0.3, -0.25) is 0 Å². The average Bonchev–Trinajstić information content (AvgIpc) is 2.74. The monoisotopic (exact) mass is 302 g/mol. The molecule has 1 heterocycles. The van der Waals surface area contributed by atoms with E-state index in [0.29, 0.717) is 5.92 Å². The highest BCUT2D eigenvalue weighted by Gasteiger charge is 2.24. The summed E-state index contributed by atoms with van der Waals surface area (Å²) >= 11 is 4.90. The van der Waals surface area contributed by atoms with Gasteiger partial charge in [0, 0.05) is 5.92 Å². The van der Waals surface area contributed by atoms with E-state index >= 15 is 0 Å². The number of halogens is 1. The van der Waals surface area contributed by atoms with Crippen LogP contribution >= 0.6 is 27.5 Å². The lowest BCUT2D eigenvalue weighted by molar-refractivity contribution is 0.304. The van der Waals surface area contributed by atoms with Crippen molar-refractivity contribution in [1.29, 1.82) is 0 Å². The molecule has 0 spiro atoms. The van der Waals surface area contributed by atoms with Crippen molar-refractivity contribution >= 4 is 27.5 Å². The van der Waals surface area contributed by atoms with E-state index in [1.807, 2.05) is 0 Å². The van der Waals surface area contributed by atoms with Crippen LogP contribution in [-0.2, 0) is 0 Å². The van der Waals surface area contributed by atoms with Crippen molar-refractivity contribution in [2.24, 2.45) is 5.92 Å². The molecule has 0 radical (unpaired) electrons. The van der Waals surface area contributed by atoms with Gasteiger partial charge >= 0.3 is 0 Å². The molecule has 1 aliphatic rings. The molecule has 0 amide bonds. The van der Waals surface area contributed by atoms with E-state index in [9.17, 15) is 0 Å². The summed E-state index contributed by atoms with van der Waals surface area (Å²) in [7, 11) is 0. The van der Waals surface area contributed by atoms with Gasteiger partial charge in [-0.25, -0.2) is 4.98 Å². The molecule has 16 heavy (non-hydrogen) atoms. The van der Waals surface area contributed by atoms with Gasteiger partial charge in [-0.1, -0.05) is 26.2 Å². The summed E-state index contributed by atoms with van der Waals surface area (Å²) in [6, 6.07) is 0. The number of hydrogen-bond acceptors (Lipinski definition) is 3. The molecule has 0 aliphatic heterocycles. The molecule has 1 aromatic heterocycles. The second-order valence-corrected chi connectivity index (χ2v) is 6.25. The zero-order valence-electron chi connectivity index (χ0n) is 9.79. The van der Waals surface area contributed by atoms with Crippen molar-refractivity contribution in [3.05, 3.63) is 9.74 Å². The predicted molar refractivity (Wildman–Crippen MR) is 71.8 cm³/mol. The quantitative estimate of drug-likeness (QED) is 0.801. The average molecular weight is 303 g/mol. The Bertz CT molecular complexity index is 319.